The molecule has 3 aromatic rings. The topological polar surface area (TPSA) is 66.8 Å². The number of aromatic nitrogens is 4. The molecule has 0 spiro atoms. The summed E-state index contributed by atoms with van der Waals surface area (Å²) in [5, 5.41) is 3.36. The predicted octanol–water partition coefficient (Wildman–Crippen LogP) is 2.62. The van der Waals surface area contributed by atoms with Gasteiger partial charge in [-0.15, -0.1) is 0 Å². The normalized spacial score (nSPS) is 17.0. The fourth-order valence-corrected chi connectivity index (χ4v) is 2.98. The van der Waals surface area contributed by atoms with Crippen LogP contribution in [0.1, 0.15) is 12.0 Å². The molecule has 1 aliphatic heterocycles. The lowest BCUT2D eigenvalue weighted by molar-refractivity contribution is 0.0912. The Bertz CT molecular complexity index is 808. The second-order valence-corrected chi connectivity index (χ2v) is 6.14. The quantitative estimate of drug-likeness (QED) is 0.748. The van der Waals surface area contributed by atoms with E-state index in [1.807, 2.05) is 6.07 Å². The molecule has 0 saturated carbocycles. The standard InChI is InChI=1S/C19H20N6/c1-2-4-15(5-3-1)14-25-11-7-16(25)12-23-19-22-8-6-17(24-19)18-13-20-9-10-21-18/h1-6,8-10,13,16H,7,11-12,14H2,(H,22,23,24). The molecule has 126 valence electrons. The lowest BCUT2D eigenvalue weighted by Gasteiger charge is -2.41. The Hall–Kier alpha value is -2.86. The minimum Gasteiger partial charge on any atom is -0.353 e. The minimum absolute atomic E-state index is 0.518. The van der Waals surface area contributed by atoms with Crippen molar-refractivity contribution >= 4 is 5.95 Å². The van der Waals surface area contributed by atoms with E-state index in [0.717, 1.165) is 31.0 Å². The van der Waals surface area contributed by atoms with Gasteiger partial charge < -0.3 is 5.32 Å². The third-order valence-electron chi connectivity index (χ3n) is 4.47. The number of hydrogen-bond acceptors (Lipinski definition) is 6. The summed E-state index contributed by atoms with van der Waals surface area (Å²) in [6.45, 7) is 2.98. The van der Waals surface area contributed by atoms with Crippen molar-refractivity contribution in [3.8, 4) is 11.4 Å². The van der Waals surface area contributed by atoms with Gasteiger partial charge in [-0.25, -0.2) is 9.97 Å². The van der Waals surface area contributed by atoms with Crippen molar-refractivity contribution in [2.75, 3.05) is 18.4 Å². The van der Waals surface area contributed by atoms with E-state index in [1.54, 1.807) is 24.8 Å². The van der Waals surface area contributed by atoms with Gasteiger partial charge in [-0.1, -0.05) is 30.3 Å². The zero-order chi connectivity index (χ0) is 16.9. The van der Waals surface area contributed by atoms with Crippen molar-refractivity contribution in [2.24, 2.45) is 0 Å². The van der Waals surface area contributed by atoms with Crippen LogP contribution in [0, 0.1) is 0 Å². The van der Waals surface area contributed by atoms with E-state index in [-0.39, 0.29) is 0 Å². The molecule has 4 rings (SSSR count). The van der Waals surface area contributed by atoms with Crippen LogP contribution in [-0.4, -0.2) is 44.0 Å². The van der Waals surface area contributed by atoms with Crippen LogP contribution >= 0.6 is 0 Å². The average molecular weight is 332 g/mol. The fourth-order valence-electron chi connectivity index (χ4n) is 2.98. The molecule has 6 nitrogen and oxygen atoms in total. The molecule has 6 heteroatoms. The number of nitrogens with zero attached hydrogens (tertiary/aromatic N) is 5. The number of hydrogen-bond donors (Lipinski definition) is 1. The molecule has 1 unspecified atom stereocenters. The number of anilines is 1. The summed E-state index contributed by atoms with van der Waals surface area (Å²) in [5.74, 6) is 0.634. The average Bonchev–Trinajstić information content (AvgIpc) is 2.67. The van der Waals surface area contributed by atoms with Crippen LogP contribution in [0.25, 0.3) is 11.4 Å². The number of likely N-dealkylation sites (tertiary alicyclic amines) is 1. The lowest BCUT2D eigenvalue weighted by Crippen LogP contribution is -2.50. The molecule has 1 aliphatic rings. The van der Waals surface area contributed by atoms with E-state index in [4.69, 9.17) is 0 Å². The summed E-state index contributed by atoms with van der Waals surface area (Å²) in [6, 6.07) is 13.0. The Labute approximate surface area is 147 Å². The molecular formula is C19H20N6. The molecule has 1 fully saturated rings. The van der Waals surface area contributed by atoms with Gasteiger partial charge in [0.2, 0.25) is 5.95 Å². The largest absolute Gasteiger partial charge is 0.353 e. The fraction of sp³-hybridized carbons (Fsp3) is 0.263. The van der Waals surface area contributed by atoms with Crippen LogP contribution < -0.4 is 5.32 Å². The zero-order valence-electron chi connectivity index (χ0n) is 13.9. The maximum absolute atomic E-state index is 4.54. The Morgan fingerprint density at radius 2 is 1.92 bits per heavy atom. The molecule has 1 saturated heterocycles. The first-order valence-corrected chi connectivity index (χ1v) is 8.50. The summed E-state index contributed by atoms with van der Waals surface area (Å²) >= 11 is 0. The first kappa shape index (κ1) is 15.7. The highest BCUT2D eigenvalue weighted by atomic mass is 15.2. The molecule has 1 N–H and O–H groups in total. The molecule has 2 aromatic heterocycles. The second-order valence-electron chi connectivity index (χ2n) is 6.14. The summed E-state index contributed by atoms with van der Waals surface area (Å²) < 4.78 is 0. The predicted molar refractivity (Wildman–Crippen MR) is 96.8 cm³/mol. The maximum atomic E-state index is 4.54. The van der Waals surface area contributed by atoms with Gasteiger partial charge in [0.15, 0.2) is 0 Å². The van der Waals surface area contributed by atoms with Gasteiger partial charge >= 0.3 is 0 Å². The Balaban J connectivity index is 1.36. The van der Waals surface area contributed by atoms with Crippen LogP contribution in [0.5, 0.6) is 0 Å². The van der Waals surface area contributed by atoms with E-state index in [2.05, 4.69) is 60.5 Å². The maximum Gasteiger partial charge on any atom is 0.223 e. The summed E-state index contributed by atoms with van der Waals surface area (Å²) in [6.07, 6.45) is 7.98. The van der Waals surface area contributed by atoms with E-state index in [1.165, 1.54) is 12.0 Å². The third kappa shape index (κ3) is 3.80. The Kier molecular flexibility index (Phi) is 4.61. The van der Waals surface area contributed by atoms with Crippen molar-refractivity contribution in [3.63, 3.8) is 0 Å². The van der Waals surface area contributed by atoms with Gasteiger partial charge in [0.25, 0.3) is 0 Å². The molecule has 0 amide bonds. The molecule has 0 radical (unpaired) electrons. The van der Waals surface area contributed by atoms with Gasteiger partial charge in [0, 0.05) is 44.3 Å². The summed E-state index contributed by atoms with van der Waals surface area (Å²) in [4.78, 5) is 19.7. The molecule has 1 atom stereocenters. The van der Waals surface area contributed by atoms with Gasteiger partial charge in [-0.2, -0.15) is 0 Å². The van der Waals surface area contributed by atoms with Crippen molar-refractivity contribution < 1.29 is 0 Å². The van der Waals surface area contributed by atoms with E-state index in [9.17, 15) is 0 Å². The summed E-state index contributed by atoms with van der Waals surface area (Å²) in [5.41, 5.74) is 2.88. The van der Waals surface area contributed by atoms with Gasteiger partial charge in [0.1, 0.15) is 5.69 Å². The van der Waals surface area contributed by atoms with Gasteiger partial charge in [-0.05, 0) is 18.1 Å². The van der Waals surface area contributed by atoms with Crippen molar-refractivity contribution in [1.82, 2.24) is 24.8 Å². The van der Waals surface area contributed by atoms with Crippen molar-refractivity contribution in [3.05, 3.63) is 66.7 Å². The highest BCUT2D eigenvalue weighted by Crippen LogP contribution is 2.21. The van der Waals surface area contributed by atoms with E-state index < -0.39 is 0 Å². The van der Waals surface area contributed by atoms with Crippen LogP contribution in [-0.2, 0) is 6.54 Å². The lowest BCUT2D eigenvalue weighted by atomic mass is 10.0. The molecule has 25 heavy (non-hydrogen) atoms. The molecule has 0 bridgehead atoms. The number of nitrogens with one attached hydrogen (secondary N) is 1. The monoisotopic (exact) mass is 332 g/mol. The van der Waals surface area contributed by atoms with Gasteiger partial charge in [-0.3, -0.25) is 14.9 Å². The first-order valence-electron chi connectivity index (χ1n) is 8.50. The highest BCUT2D eigenvalue weighted by Gasteiger charge is 2.27. The third-order valence-corrected chi connectivity index (χ3v) is 4.47. The summed E-state index contributed by atoms with van der Waals surface area (Å²) in [7, 11) is 0. The van der Waals surface area contributed by atoms with E-state index in [0.29, 0.717) is 12.0 Å². The smallest absolute Gasteiger partial charge is 0.223 e. The van der Waals surface area contributed by atoms with Crippen LogP contribution in [0.2, 0.25) is 0 Å². The SMILES string of the molecule is c1ccc(CN2CCC2CNc2nccc(-c3cnccn3)n2)cc1. The van der Waals surface area contributed by atoms with Gasteiger partial charge in [0.05, 0.1) is 11.9 Å². The van der Waals surface area contributed by atoms with E-state index >= 15 is 0 Å². The number of rotatable bonds is 6. The number of benzene rings is 1. The van der Waals surface area contributed by atoms with Crippen molar-refractivity contribution in [2.45, 2.75) is 19.0 Å². The second kappa shape index (κ2) is 7.36. The van der Waals surface area contributed by atoms with Crippen LogP contribution in [0.3, 0.4) is 0 Å². The zero-order valence-corrected chi connectivity index (χ0v) is 13.9. The molecular weight excluding hydrogens is 312 g/mol. The molecule has 1 aromatic carbocycles. The molecule has 3 heterocycles. The first-order chi connectivity index (χ1) is 12.4. The highest BCUT2D eigenvalue weighted by molar-refractivity contribution is 5.53. The van der Waals surface area contributed by atoms with Crippen LogP contribution in [0.4, 0.5) is 5.95 Å². The Morgan fingerprint density at radius 1 is 1.00 bits per heavy atom. The molecule has 0 aliphatic carbocycles. The van der Waals surface area contributed by atoms with Crippen LogP contribution in [0.15, 0.2) is 61.2 Å². The van der Waals surface area contributed by atoms with Crippen molar-refractivity contribution in [1.29, 1.82) is 0 Å². The Morgan fingerprint density at radius 3 is 2.68 bits per heavy atom. The minimum atomic E-state index is 0.518.